The van der Waals surface area contributed by atoms with Crippen LogP contribution in [0.4, 0.5) is 0 Å². The van der Waals surface area contributed by atoms with Gasteiger partial charge in [0.05, 0.1) is 0 Å². The second-order valence-corrected chi connectivity index (χ2v) is 5.43. The van der Waals surface area contributed by atoms with Gasteiger partial charge in [0.1, 0.15) is 0 Å². The molecule has 0 aromatic carbocycles. The fourth-order valence-electron chi connectivity index (χ4n) is 1.98. The zero-order valence-corrected chi connectivity index (χ0v) is 10.5. The zero-order valence-electron chi connectivity index (χ0n) is 9.72. The van der Waals surface area contributed by atoms with Gasteiger partial charge in [0.15, 0.2) is 0 Å². The molecule has 0 radical (unpaired) electrons. The second kappa shape index (κ2) is 6.23. The van der Waals surface area contributed by atoms with Crippen molar-refractivity contribution >= 4 is 11.8 Å². The van der Waals surface area contributed by atoms with Crippen LogP contribution in [0.15, 0.2) is 24.5 Å². The third kappa shape index (κ3) is 3.77. The van der Waals surface area contributed by atoms with E-state index in [2.05, 4.69) is 46.1 Å². The molecular weight excluding hydrogens is 218 g/mol. The van der Waals surface area contributed by atoms with E-state index in [9.17, 15) is 0 Å². The Morgan fingerprint density at radius 2 is 2.31 bits per heavy atom. The van der Waals surface area contributed by atoms with Crippen molar-refractivity contribution in [3.63, 3.8) is 0 Å². The van der Waals surface area contributed by atoms with Crippen LogP contribution in [0.25, 0.3) is 0 Å². The van der Waals surface area contributed by atoms with E-state index >= 15 is 0 Å². The highest BCUT2D eigenvalue weighted by atomic mass is 32.2. The van der Waals surface area contributed by atoms with Crippen molar-refractivity contribution in [3.05, 3.63) is 30.1 Å². The van der Waals surface area contributed by atoms with Gasteiger partial charge in [0.25, 0.3) is 0 Å². The Morgan fingerprint density at radius 1 is 1.50 bits per heavy atom. The van der Waals surface area contributed by atoms with E-state index in [4.69, 9.17) is 0 Å². The lowest BCUT2D eigenvalue weighted by Gasteiger charge is -2.27. The van der Waals surface area contributed by atoms with Crippen molar-refractivity contribution in [2.45, 2.75) is 12.6 Å². The summed E-state index contributed by atoms with van der Waals surface area (Å²) in [6, 6.07) is 4.81. The molecule has 16 heavy (non-hydrogen) atoms. The van der Waals surface area contributed by atoms with Crippen LogP contribution in [-0.4, -0.2) is 47.6 Å². The summed E-state index contributed by atoms with van der Waals surface area (Å²) in [7, 11) is 2.18. The molecule has 1 fully saturated rings. The van der Waals surface area contributed by atoms with Gasteiger partial charge < -0.3 is 10.2 Å². The van der Waals surface area contributed by atoms with Gasteiger partial charge in [-0.25, -0.2) is 0 Å². The summed E-state index contributed by atoms with van der Waals surface area (Å²) in [5, 5.41) is 3.56. The summed E-state index contributed by atoms with van der Waals surface area (Å²) in [5.41, 5.74) is 1.33. The Labute approximate surface area is 102 Å². The molecule has 88 valence electrons. The van der Waals surface area contributed by atoms with E-state index in [1.165, 1.54) is 17.1 Å². The lowest BCUT2D eigenvalue weighted by Crippen LogP contribution is -2.44. The first-order chi connectivity index (χ1) is 7.84. The van der Waals surface area contributed by atoms with E-state index in [0.717, 1.165) is 19.6 Å². The quantitative estimate of drug-likeness (QED) is 0.852. The lowest BCUT2D eigenvalue weighted by atomic mass is 10.2. The topological polar surface area (TPSA) is 28.2 Å². The predicted molar refractivity (Wildman–Crippen MR) is 69.7 cm³/mol. The van der Waals surface area contributed by atoms with Crippen LogP contribution in [-0.2, 0) is 6.54 Å². The van der Waals surface area contributed by atoms with Crippen LogP contribution in [0.2, 0.25) is 0 Å². The van der Waals surface area contributed by atoms with Gasteiger partial charge in [-0.3, -0.25) is 4.98 Å². The number of hydrogen-bond donors (Lipinski definition) is 1. The number of likely N-dealkylation sites (N-methyl/N-ethyl adjacent to an activating group) is 1. The molecule has 0 aliphatic carbocycles. The Kier molecular flexibility index (Phi) is 4.63. The number of thioether (sulfide) groups is 1. The Hall–Kier alpha value is -0.580. The van der Waals surface area contributed by atoms with E-state index < -0.39 is 0 Å². The SMILES string of the molecule is CN(Cc1ccncc1)CC1CSCCN1. The minimum atomic E-state index is 0.644. The molecule has 0 spiro atoms. The molecule has 1 aliphatic rings. The molecule has 0 amide bonds. The Balaban J connectivity index is 1.77. The van der Waals surface area contributed by atoms with E-state index in [0.29, 0.717) is 6.04 Å². The summed E-state index contributed by atoms with van der Waals surface area (Å²) in [6.07, 6.45) is 3.72. The summed E-state index contributed by atoms with van der Waals surface area (Å²) < 4.78 is 0. The van der Waals surface area contributed by atoms with Crippen molar-refractivity contribution < 1.29 is 0 Å². The molecule has 1 aromatic heterocycles. The van der Waals surface area contributed by atoms with Gasteiger partial charge in [0.2, 0.25) is 0 Å². The first-order valence-corrected chi connectivity index (χ1v) is 6.88. The highest BCUT2D eigenvalue weighted by Gasteiger charge is 2.14. The Morgan fingerprint density at radius 3 is 3.00 bits per heavy atom. The minimum Gasteiger partial charge on any atom is -0.311 e. The maximum Gasteiger partial charge on any atom is 0.0285 e. The van der Waals surface area contributed by atoms with E-state index in [1.807, 2.05) is 12.4 Å². The third-order valence-electron chi connectivity index (χ3n) is 2.73. The molecule has 3 nitrogen and oxygen atoms in total. The van der Waals surface area contributed by atoms with Crippen molar-refractivity contribution in [3.8, 4) is 0 Å². The van der Waals surface area contributed by atoms with Crippen molar-refractivity contribution in [2.24, 2.45) is 0 Å². The molecule has 4 heteroatoms. The third-order valence-corrected chi connectivity index (χ3v) is 3.86. The van der Waals surface area contributed by atoms with Crippen LogP contribution >= 0.6 is 11.8 Å². The summed E-state index contributed by atoms with van der Waals surface area (Å²) in [5.74, 6) is 2.49. The fraction of sp³-hybridized carbons (Fsp3) is 0.583. The standard InChI is InChI=1S/C12H19N3S/c1-15(8-11-2-4-13-5-3-11)9-12-10-16-7-6-14-12/h2-5,12,14H,6-10H2,1H3. The maximum absolute atomic E-state index is 4.03. The van der Waals surface area contributed by atoms with Crippen LogP contribution in [0.1, 0.15) is 5.56 Å². The molecule has 1 N–H and O–H groups in total. The summed E-state index contributed by atoms with van der Waals surface area (Å²) >= 11 is 2.05. The monoisotopic (exact) mass is 237 g/mol. The van der Waals surface area contributed by atoms with Crippen LogP contribution in [0.3, 0.4) is 0 Å². The molecule has 0 saturated carbocycles. The zero-order chi connectivity index (χ0) is 11.2. The number of aromatic nitrogens is 1. The largest absolute Gasteiger partial charge is 0.311 e. The number of rotatable bonds is 4. The van der Waals surface area contributed by atoms with Gasteiger partial charge in [-0.1, -0.05) is 0 Å². The molecule has 0 bridgehead atoms. The van der Waals surface area contributed by atoms with Crippen molar-refractivity contribution in [2.75, 3.05) is 31.6 Å². The highest BCUT2D eigenvalue weighted by molar-refractivity contribution is 7.99. The molecule has 2 rings (SSSR count). The average molecular weight is 237 g/mol. The number of hydrogen-bond acceptors (Lipinski definition) is 4. The van der Waals surface area contributed by atoms with Gasteiger partial charge in [-0.15, -0.1) is 0 Å². The van der Waals surface area contributed by atoms with Crippen LogP contribution in [0.5, 0.6) is 0 Å². The van der Waals surface area contributed by atoms with Crippen molar-refractivity contribution in [1.29, 1.82) is 0 Å². The molecule has 1 saturated heterocycles. The molecule has 1 aromatic rings. The minimum absolute atomic E-state index is 0.644. The smallest absolute Gasteiger partial charge is 0.0285 e. The normalized spacial score (nSPS) is 21.2. The number of pyridine rings is 1. The maximum atomic E-state index is 4.03. The van der Waals surface area contributed by atoms with E-state index in [1.54, 1.807) is 0 Å². The molecule has 1 atom stereocenters. The van der Waals surface area contributed by atoms with Crippen LogP contribution in [0, 0.1) is 0 Å². The number of nitrogens with zero attached hydrogens (tertiary/aromatic N) is 2. The first-order valence-electron chi connectivity index (χ1n) is 5.73. The lowest BCUT2D eigenvalue weighted by molar-refractivity contribution is 0.292. The van der Waals surface area contributed by atoms with E-state index in [-0.39, 0.29) is 0 Å². The molecular formula is C12H19N3S. The van der Waals surface area contributed by atoms with Gasteiger partial charge in [-0.2, -0.15) is 11.8 Å². The van der Waals surface area contributed by atoms with Crippen LogP contribution < -0.4 is 5.32 Å². The number of nitrogens with one attached hydrogen (secondary N) is 1. The predicted octanol–water partition coefficient (Wildman–Crippen LogP) is 1.22. The molecule has 1 aliphatic heterocycles. The molecule has 2 heterocycles. The molecule has 1 unspecified atom stereocenters. The van der Waals surface area contributed by atoms with Crippen molar-refractivity contribution in [1.82, 2.24) is 15.2 Å². The first kappa shape index (κ1) is 11.9. The average Bonchev–Trinajstić information content (AvgIpc) is 2.31. The highest BCUT2D eigenvalue weighted by Crippen LogP contribution is 2.09. The van der Waals surface area contributed by atoms with Gasteiger partial charge in [0, 0.05) is 49.6 Å². The summed E-state index contributed by atoms with van der Waals surface area (Å²) in [4.78, 5) is 6.41. The summed E-state index contributed by atoms with van der Waals surface area (Å²) in [6.45, 7) is 3.28. The van der Waals surface area contributed by atoms with Gasteiger partial charge in [-0.05, 0) is 24.7 Å². The van der Waals surface area contributed by atoms with Gasteiger partial charge >= 0.3 is 0 Å². The fourth-order valence-corrected chi connectivity index (χ4v) is 2.91. The Bertz CT molecular complexity index is 298. The second-order valence-electron chi connectivity index (χ2n) is 4.28.